The number of ether oxygens (including phenoxy) is 1. The molecular formula is C15H19N5O2. The molecule has 0 spiro atoms. The van der Waals surface area contributed by atoms with Gasteiger partial charge in [0.2, 0.25) is 5.91 Å². The third-order valence-corrected chi connectivity index (χ3v) is 3.90. The maximum Gasteiger partial charge on any atom is 0.249 e. The summed E-state index contributed by atoms with van der Waals surface area (Å²) in [7, 11) is 1.53. The summed E-state index contributed by atoms with van der Waals surface area (Å²) in [6, 6.07) is -0.0288. The number of carbonyl (C=O) groups is 1. The van der Waals surface area contributed by atoms with Gasteiger partial charge in [0.05, 0.1) is 24.1 Å². The lowest BCUT2D eigenvalue weighted by Crippen LogP contribution is -2.33. The Kier molecular flexibility index (Phi) is 4.15. The van der Waals surface area contributed by atoms with E-state index in [4.69, 9.17) is 4.74 Å². The van der Waals surface area contributed by atoms with E-state index in [1.165, 1.54) is 7.11 Å². The quantitative estimate of drug-likeness (QED) is 0.850. The Balaban J connectivity index is 1.88. The van der Waals surface area contributed by atoms with Crippen LogP contribution in [0.1, 0.15) is 30.4 Å². The molecule has 2 aromatic rings. The van der Waals surface area contributed by atoms with Gasteiger partial charge in [0.1, 0.15) is 12.4 Å². The largest absolute Gasteiger partial charge is 0.375 e. The number of amides is 1. The molecule has 7 nitrogen and oxygen atoms in total. The van der Waals surface area contributed by atoms with E-state index in [1.54, 1.807) is 18.6 Å². The van der Waals surface area contributed by atoms with Gasteiger partial charge < -0.3 is 9.64 Å². The zero-order valence-corrected chi connectivity index (χ0v) is 12.8. The predicted octanol–water partition coefficient (Wildman–Crippen LogP) is 1.28. The van der Waals surface area contributed by atoms with Gasteiger partial charge in [0.25, 0.3) is 0 Å². The van der Waals surface area contributed by atoms with Crippen LogP contribution in [-0.2, 0) is 9.53 Å². The Hall–Kier alpha value is -2.28. The van der Waals surface area contributed by atoms with Crippen LogP contribution in [0.25, 0.3) is 5.82 Å². The molecule has 116 valence electrons. The van der Waals surface area contributed by atoms with Gasteiger partial charge in [0, 0.05) is 26.0 Å². The van der Waals surface area contributed by atoms with Gasteiger partial charge in [-0.05, 0) is 19.8 Å². The summed E-state index contributed by atoms with van der Waals surface area (Å²) >= 11 is 0. The summed E-state index contributed by atoms with van der Waals surface area (Å²) in [4.78, 5) is 27.1. The average molecular weight is 301 g/mol. The second-order valence-electron chi connectivity index (χ2n) is 5.32. The standard InChI is InChI=1S/C15H19N5O2/c1-11-17-5-7-19(11)14-9-16-8-12(18-14)13-4-3-6-20(13)15(21)10-22-2/h5,7-9,13H,3-4,6,10H2,1-2H3. The van der Waals surface area contributed by atoms with Crippen LogP contribution in [0, 0.1) is 6.92 Å². The minimum absolute atomic E-state index is 0.00369. The molecule has 1 saturated heterocycles. The van der Waals surface area contributed by atoms with Crippen molar-refractivity contribution in [1.29, 1.82) is 0 Å². The number of aryl methyl sites for hydroxylation is 1. The summed E-state index contributed by atoms with van der Waals surface area (Å²) in [5.74, 6) is 1.57. The molecule has 1 fully saturated rings. The zero-order chi connectivity index (χ0) is 15.5. The van der Waals surface area contributed by atoms with Gasteiger partial charge in [0.15, 0.2) is 5.82 Å². The second-order valence-corrected chi connectivity index (χ2v) is 5.32. The monoisotopic (exact) mass is 301 g/mol. The van der Waals surface area contributed by atoms with Crippen molar-refractivity contribution in [3.05, 3.63) is 36.3 Å². The fourth-order valence-electron chi connectivity index (χ4n) is 2.85. The first-order valence-electron chi connectivity index (χ1n) is 7.31. The maximum absolute atomic E-state index is 12.1. The molecule has 1 aliphatic heterocycles. The Labute approximate surface area is 129 Å². The first-order valence-corrected chi connectivity index (χ1v) is 7.31. The first kappa shape index (κ1) is 14.6. The van der Waals surface area contributed by atoms with Crippen LogP contribution in [0.4, 0.5) is 0 Å². The van der Waals surface area contributed by atoms with E-state index in [0.29, 0.717) is 0 Å². The molecule has 0 radical (unpaired) electrons. The highest BCUT2D eigenvalue weighted by molar-refractivity contribution is 5.78. The minimum atomic E-state index is -0.0288. The van der Waals surface area contributed by atoms with Crippen molar-refractivity contribution < 1.29 is 9.53 Å². The third-order valence-electron chi connectivity index (χ3n) is 3.90. The van der Waals surface area contributed by atoms with E-state index >= 15 is 0 Å². The highest BCUT2D eigenvalue weighted by atomic mass is 16.5. The van der Waals surface area contributed by atoms with Crippen molar-refractivity contribution in [3.63, 3.8) is 0 Å². The van der Waals surface area contributed by atoms with Gasteiger partial charge in [-0.1, -0.05) is 0 Å². The van der Waals surface area contributed by atoms with Gasteiger partial charge in [-0.25, -0.2) is 9.97 Å². The van der Waals surface area contributed by atoms with Gasteiger partial charge >= 0.3 is 0 Å². The maximum atomic E-state index is 12.1. The third kappa shape index (κ3) is 2.71. The van der Waals surface area contributed by atoms with E-state index in [1.807, 2.05) is 22.6 Å². The summed E-state index contributed by atoms with van der Waals surface area (Å²) < 4.78 is 6.84. The van der Waals surface area contributed by atoms with Crippen LogP contribution < -0.4 is 0 Å². The topological polar surface area (TPSA) is 73.1 Å². The molecule has 0 aliphatic carbocycles. The lowest BCUT2D eigenvalue weighted by Gasteiger charge is -2.24. The number of aromatic nitrogens is 4. The number of methoxy groups -OCH3 is 1. The number of carbonyl (C=O) groups excluding carboxylic acids is 1. The smallest absolute Gasteiger partial charge is 0.249 e. The van der Waals surface area contributed by atoms with Crippen molar-refractivity contribution in [2.45, 2.75) is 25.8 Å². The molecule has 1 amide bonds. The predicted molar refractivity (Wildman–Crippen MR) is 79.5 cm³/mol. The van der Waals surface area contributed by atoms with E-state index in [2.05, 4.69) is 15.0 Å². The molecular weight excluding hydrogens is 282 g/mol. The lowest BCUT2D eigenvalue weighted by atomic mass is 10.1. The lowest BCUT2D eigenvalue weighted by molar-refractivity contribution is -0.136. The summed E-state index contributed by atoms with van der Waals surface area (Å²) in [5.41, 5.74) is 0.813. The molecule has 1 atom stereocenters. The van der Waals surface area contributed by atoms with E-state index in [0.717, 1.165) is 36.7 Å². The highest BCUT2D eigenvalue weighted by Gasteiger charge is 2.31. The molecule has 0 bridgehead atoms. The van der Waals surface area contributed by atoms with Crippen molar-refractivity contribution in [2.24, 2.45) is 0 Å². The number of hydrogen-bond donors (Lipinski definition) is 0. The first-order chi connectivity index (χ1) is 10.7. The highest BCUT2D eigenvalue weighted by Crippen LogP contribution is 2.30. The number of likely N-dealkylation sites (tertiary alicyclic amines) is 1. The molecule has 7 heteroatoms. The van der Waals surface area contributed by atoms with Crippen LogP contribution in [0.3, 0.4) is 0 Å². The fraction of sp³-hybridized carbons (Fsp3) is 0.467. The Bertz CT molecular complexity index is 669. The molecule has 0 N–H and O–H groups in total. The van der Waals surface area contributed by atoms with Crippen molar-refractivity contribution >= 4 is 5.91 Å². The molecule has 2 aromatic heterocycles. The fourth-order valence-corrected chi connectivity index (χ4v) is 2.85. The Morgan fingerprint density at radius 2 is 2.32 bits per heavy atom. The van der Waals surface area contributed by atoms with Crippen LogP contribution in [-0.4, -0.2) is 50.6 Å². The average Bonchev–Trinajstić information content (AvgIpc) is 3.16. The number of rotatable bonds is 4. The molecule has 3 heterocycles. The van der Waals surface area contributed by atoms with Crippen LogP contribution >= 0.6 is 0 Å². The molecule has 3 rings (SSSR count). The molecule has 0 saturated carbocycles. The molecule has 1 aliphatic rings. The SMILES string of the molecule is COCC(=O)N1CCCC1c1cncc(-n2ccnc2C)n1. The number of hydrogen-bond acceptors (Lipinski definition) is 5. The van der Waals surface area contributed by atoms with E-state index in [-0.39, 0.29) is 18.6 Å². The number of nitrogens with zero attached hydrogens (tertiary/aromatic N) is 5. The zero-order valence-electron chi connectivity index (χ0n) is 12.8. The molecule has 0 aromatic carbocycles. The van der Waals surface area contributed by atoms with Crippen LogP contribution in [0.2, 0.25) is 0 Å². The second kappa shape index (κ2) is 6.23. The van der Waals surface area contributed by atoms with Gasteiger partial charge in [-0.2, -0.15) is 0 Å². The summed E-state index contributed by atoms with van der Waals surface area (Å²) in [5, 5.41) is 0. The normalized spacial score (nSPS) is 17.9. The molecule has 1 unspecified atom stereocenters. The Morgan fingerprint density at radius 1 is 1.45 bits per heavy atom. The van der Waals surface area contributed by atoms with E-state index < -0.39 is 0 Å². The van der Waals surface area contributed by atoms with Gasteiger partial charge in [-0.3, -0.25) is 14.3 Å². The van der Waals surface area contributed by atoms with Crippen LogP contribution in [0.5, 0.6) is 0 Å². The van der Waals surface area contributed by atoms with Crippen LogP contribution in [0.15, 0.2) is 24.8 Å². The van der Waals surface area contributed by atoms with Crippen molar-refractivity contribution in [3.8, 4) is 5.82 Å². The van der Waals surface area contributed by atoms with Crippen molar-refractivity contribution in [2.75, 3.05) is 20.3 Å². The summed E-state index contributed by atoms with van der Waals surface area (Å²) in [6.45, 7) is 2.76. The Morgan fingerprint density at radius 3 is 3.05 bits per heavy atom. The van der Waals surface area contributed by atoms with E-state index in [9.17, 15) is 4.79 Å². The minimum Gasteiger partial charge on any atom is -0.375 e. The molecule has 22 heavy (non-hydrogen) atoms. The van der Waals surface area contributed by atoms with Crippen molar-refractivity contribution in [1.82, 2.24) is 24.4 Å². The number of imidazole rings is 1. The summed E-state index contributed by atoms with van der Waals surface area (Å²) in [6.07, 6.45) is 8.89. The van der Waals surface area contributed by atoms with Gasteiger partial charge in [-0.15, -0.1) is 0 Å².